The highest BCUT2D eigenvalue weighted by Gasteiger charge is 1.93. The molecule has 0 spiro atoms. The van der Waals surface area contributed by atoms with E-state index in [1.807, 2.05) is 6.08 Å². The molecule has 0 nitrogen and oxygen atoms in total. The molecule has 0 aliphatic carbocycles. The predicted octanol–water partition coefficient (Wildman–Crippen LogP) is 7.68. The van der Waals surface area contributed by atoms with Gasteiger partial charge in [0.1, 0.15) is 0 Å². The summed E-state index contributed by atoms with van der Waals surface area (Å²) < 4.78 is 0. The Morgan fingerprint density at radius 3 is 1.21 bits per heavy atom. The molecule has 0 atom stereocenters. The molecule has 0 heterocycles. The van der Waals surface area contributed by atoms with Gasteiger partial charge in [-0.1, -0.05) is 104 Å². The zero-order valence-corrected chi connectivity index (χ0v) is 12.9. The predicted molar refractivity (Wildman–Crippen MR) is 91.9 cm³/mol. The highest BCUT2D eigenvalue weighted by Crippen LogP contribution is 2.13. The zero-order valence-electron chi connectivity index (χ0n) is 12.9. The van der Waals surface area contributed by atoms with Crippen LogP contribution < -0.4 is 0 Å². The standard InChI is InChI=1S/C18H36.CH4/c1-3-5-7-9-11-13-15-17-18-16-14-12-10-8-6-4-2;/h3H,1,4-18H2,2H3;1H4. The van der Waals surface area contributed by atoms with Crippen LogP contribution in [0.25, 0.3) is 0 Å². The molecule has 0 N–H and O–H groups in total. The van der Waals surface area contributed by atoms with Crippen molar-refractivity contribution in [2.24, 2.45) is 0 Å². The summed E-state index contributed by atoms with van der Waals surface area (Å²) in [6.45, 7) is 6.05. The van der Waals surface area contributed by atoms with Crippen molar-refractivity contribution in [1.82, 2.24) is 0 Å². The van der Waals surface area contributed by atoms with Gasteiger partial charge in [0, 0.05) is 0 Å². The topological polar surface area (TPSA) is 0 Å². The van der Waals surface area contributed by atoms with E-state index in [0.717, 1.165) is 0 Å². The highest BCUT2D eigenvalue weighted by molar-refractivity contribution is 4.65. The quantitative estimate of drug-likeness (QED) is 0.211. The summed E-state index contributed by atoms with van der Waals surface area (Å²) >= 11 is 0. The maximum absolute atomic E-state index is 3.76. The van der Waals surface area contributed by atoms with Crippen LogP contribution in [0.15, 0.2) is 12.7 Å². The van der Waals surface area contributed by atoms with Crippen LogP contribution in [0, 0.1) is 0 Å². The fourth-order valence-corrected chi connectivity index (χ4v) is 2.48. The molecule has 0 saturated heterocycles. The van der Waals surface area contributed by atoms with E-state index in [1.54, 1.807) is 0 Å². The first-order valence-corrected chi connectivity index (χ1v) is 8.52. The molecule has 0 aliphatic rings. The molecule has 0 saturated carbocycles. The molecule has 0 unspecified atom stereocenters. The lowest BCUT2D eigenvalue weighted by Crippen LogP contribution is -1.83. The van der Waals surface area contributed by atoms with Gasteiger partial charge in [-0.15, -0.1) is 6.58 Å². The van der Waals surface area contributed by atoms with E-state index in [-0.39, 0.29) is 7.43 Å². The average molecular weight is 269 g/mol. The monoisotopic (exact) mass is 268 g/mol. The van der Waals surface area contributed by atoms with E-state index in [0.29, 0.717) is 0 Å². The summed E-state index contributed by atoms with van der Waals surface area (Å²) in [5, 5.41) is 0. The van der Waals surface area contributed by atoms with Gasteiger partial charge in [0.2, 0.25) is 0 Å². The van der Waals surface area contributed by atoms with Gasteiger partial charge < -0.3 is 0 Å². The molecule has 0 aromatic carbocycles. The third-order valence-electron chi connectivity index (χ3n) is 3.76. The van der Waals surface area contributed by atoms with Gasteiger partial charge in [-0.2, -0.15) is 0 Å². The Kier molecular flexibility index (Phi) is 22.2. The van der Waals surface area contributed by atoms with Crippen LogP contribution in [0.4, 0.5) is 0 Å². The molecular formula is C19H40. The third-order valence-corrected chi connectivity index (χ3v) is 3.76. The fourth-order valence-electron chi connectivity index (χ4n) is 2.48. The second-order valence-corrected chi connectivity index (χ2v) is 5.67. The van der Waals surface area contributed by atoms with Gasteiger partial charge in [0.25, 0.3) is 0 Å². The minimum absolute atomic E-state index is 0. The van der Waals surface area contributed by atoms with Crippen molar-refractivity contribution in [3.63, 3.8) is 0 Å². The van der Waals surface area contributed by atoms with Crippen molar-refractivity contribution in [1.29, 1.82) is 0 Å². The first-order valence-electron chi connectivity index (χ1n) is 8.52. The van der Waals surface area contributed by atoms with E-state index in [1.165, 1.54) is 96.3 Å². The normalized spacial score (nSPS) is 10.2. The van der Waals surface area contributed by atoms with Crippen molar-refractivity contribution in [3.8, 4) is 0 Å². The Morgan fingerprint density at radius 1 is 0.579 bits per heavy atom. The molecule has 0 rings (SSSR count). The van der Waals surface area contributed by atoms with E-state index >= 15 is 0 Å². The third kappa shape index (κ3) is 20.2. The van der Waals surface area contributed by atoms with E-state index in [2.05, 4.69) is 13.5 Å². The van der Waals surface area contributed by atoms with Gasteiger partial charge in [0.05, 0.1) is 0 Å². The second-order valence-electron chi connectivity index (χ2n) is 5.67. The average Bonchev–Trinajstić information content (AvgIpc) is 2.39. The maximum Gasteiger partial charge on any atom is -0.0353 e. The Balaban J connectivity index is 0. The molecule has 19 heavy (non-hydrogen) atoms. The number of unbranched alkanes of at least 4 members (excludes halogenated alkanes) is 14. The van der Waals surface area contributed by atoms with Crippen molar-refractivity contribution < 1.29 is 0 Å². The van der Waals surface area contributed by atoms with E-state index in [4.69, 9.17) is 0 Å². The van der Waals surface area contributed by atoms with Crippen LogP contribution in [0.5, 0.6) is 0 Å². The SMILES string of the molecule is C.C=CCCCCCCCCCCCCCCCC. The van der Waals surface area contributed by atoms with Gasteiger partial charge in [-0.05, 0) is 12.8 Å². The Bertz CT molecular complexity index is 148. The zero-order chi connectivity index (χ0) is 13.3. The molecule has 0 aromatic rings. The van der Waals surface area contributed by atoms with Gasteiger partial charge in [-0.25, -0.2) is 0 Å². The van der Waals surface area contributed by atoms with Crippen LogP contribution >= 0.6 is 0 Å². The number of hydrogen-bond acceptors (Lipinski definition) is 0. The molecule has 0 fully saturated rings. The maximum atomic E-state index is 3.76. The molecular weight excluding hydrogens is 228 g/mol. The smallest absolute Gasteiger partial charge is 0.0353 e. The summed E-state index contributed by atoms with van der Waals surface area (Å²) in [4.78, 5) is 0. The van der Waals surface area contributed by atoms with Crippen LogP contribution in [-0.2, 0) is 0 Å². The lowest BCUT2D eigenvalue weighted by Gasteiger charge is -2.02. The Labute approximate surface area is 124 Å². The van der Waals surface area contributed by atoms with Crippen molar-refractivity contribution >= 4 is 0 Å². The van der Waals surface area contributed by atoms with Crippen LogP contribution in [0.3, 0.4) is 0 Å². The van der Waals surface area contributed by atoms with Crippen LogP contribution in [-0.4, -0.2) is 0 Å². The van der Waals surface area contributed by atoms with Crippen LogP contribution in [0.2, 0.25) is 0 Å². The minimum atomic E-state index is 0. The molecule has 0 radical (unpaired) electrons. The molecule has 0 heteroatoms. The van der Waals surface area contributed by atoms with Gasteiger partial charge in [-0.3, -0.25) is 0 Å². The molecule has 0 bridgehead atoms. The summed E-state index contributed by atoms with van der Waals surface area (Å²) in [5.41, 5.74) is 0. The summed E-state index contributed by atoms with van der Waals surface area (Å²) in [6, 6.07) is 0. The Morgan fingerprint density at radius 2 is 0.895 bits per heavy atom. The summed E-state index contributed by atoms with van der Waals surface area (Å²) in [6.07, 6.45) is 23.5. The van der Waals surface area contributed by atoms with E-state index < -0.39 is 0 Å². The molecule has 116 valence electrons. The lowest BCUT2D eigenvalue weighted by atomic mass is 10.0. The number of allylic oxidation sites excluding steroid dienone is 1. The van der Waals surface area contributed by atoms with E-state index in [9.17, 15) is 0 Å². The fraction of sp³-hybridized carbons (Fsp3) is 0.895. The van der Waals surface area contributed by atoms with Crippen molar-refractivity contribution in [2.75, 3.05) is 0 Å². The van der Waals surface area contributed by atoms with Crippen molar-refractivity contribution in [3.05, 3.63) is 12.7 Å². The minimum Gasteiger partial charge on any atom is -0.103 e. The van der Waals surface area contributed by atoms with Crippen LogP contribution in [0.1, 0.15) is 111 Å². The number of hydrogen-bond donors (Lipinski definition) is 0. The first-order chi connectivity index (χ1) is 8.91. The molecule has 0 aromatic heterocycles. The van der Waals surface area contributed by atoms with Crippen molar-refractivity contribution in [2.45, 2.75) is 111 Å². The first kappa shape index (κ1) is 21.0. The Hall–Kier alpha value is -0.260. The lowest BCUT2D eigenvalue weighted by molar-refractivity contribution is 0.536. The largest absolute Gasteiger partial charge is 0.103 e. The highest BCUT2D eigenvalue weighted by atomic mass is 14.0. The molecule has 0 aliphatic heterocycles. The summed E-state index contributed by atoms with van der Waals surface area (Å²) in [7, 11) is 0. The summed E-state index contributed by atoms with van der Waals surface area (Å²) in [5.74, 6) is 0. The second kappa shape index (κ2) is 20.1. The van der Waals surface area contributed by atoms with Gasteiger partial charge >= 0.3 is 0 Å². The molecule has 0 amide bonds. The van der Waals surface area contributed by atoms with Gasteiger partial charge in [0.15, 0.2) is 0 Å². The number of rotatable bonds is 15.